The van der Waals surface area contributed by atoms with Gasteiger partial charge in [-0.2, -0.15) is 0 Å². The number of nitrogens with one attached hydrogen (secondary N) is 2. The van der Waals surface area contributed by atoms with Crippen LogP contribution in [-0.2, 0) is 13.1 Å². The zero-order valence-corrected chi connectivity index (χ0v) is 15.9. The molecule has 0 radical (unpaired) electrons. The SMILES string of the molecule is CN=C(NCc1cccc(N(C)C)c1)NCc1nc(C(C)C)cs1. The van der Waals surface area contributed by atoms with Crippen molar-refractivity contribution < 1.29 is 0 Å². The van der Waals surface area contributed by atoms with E-state index in [0.29, 0.717) is 12.5 Å². The predicted molar refractivity (Wildman–Crippen MR) is 104 cm³/mol. The lowest BCUT2D eigenvalue weighted by Crippen LogP contribution is -2.36. The van der Waals surface area contributed by atoms with Crippen molar-refractivity contribution in [3.8, 4) is 0 Å². The number of thiazole rings is 1. The molecule has 0 fully saturated rings. The number of aromatic nitrogens is 1. The Kier molecular flexibility index (Phi) is 6.61. The summed E-state index contributed by atoms with van der Waals surface area (Å²) in [4.78, 5) is 11.0. The molecule has 0 saturated carbocycles. The molecule has 2 rings (SSSR count). The first-order valence-electron chi connectivity index (χ1n) is 8.14. The standard InChI is InChI=1S/C18H27N5S/c1-13(2)16-12-24-17(22-16)11-21-18(19-3)20-10-14-7-6-8-15(9-14)23(4)5/h6-9,12-13H,10-11H2,1-5H3,(H2,19,20,21). The lowest BCUT2D eigenvalue weighted by molar-refractivity contribution is 0.785. The van der Waals surface area contributed by atoms with Crippen molar-refractivity contribution >= 4 is 23.0 Å². The fraction of sp³-hybridized carbons (Fsp3) is 0.444. The van der Waals surface area contributed by atoms with E-state index in [1.807, 2.05) is 14.1 Å². The average Bonchev–Trinajstić information content (AvgIpc) is 3.04. The number of rotatable bonds is 6. The quantitative estimate of drug-likeness (QED) is 0.624. The Morgan fingerprint density at radius 3 is 2.62 bits per heavy atom. The third-order valence-electron chi connectivity index (χ3n) is 3.68. The molecule has 0 amide bonds. The molecule has 130 valence electrons. The number of guanidine groups is 1. The van der Waals surface area contributed by atoms with E-state index in [0.717, 1.165) is 23.2 Å². The van der Waals surface area contributed by atoms with Crippen LogP contribution in [0, 0.1) is 0 Å². The van der Waals surface area contributed by atoms with Crippen molar-refractivity contribution in [1.82, 2.24) is 15.6 Å². The Balaban J connectivity index is 1.87. The van der Waals surface area contributed by atoms with E-state index in [9.17, 15) is 0 Å². The fourth-order valence-electron chi connectivity index (χ4n) is 2.18. The van der Waals surface area contributed by atoms with Crippen LogP contribution in [0.2, 0.25) is 0 Å². The molecule has 24 heavy (non-hydrogen) atoms. The van der Waals surface area contributed by atoms with Crippen LogP contribution in [0.15, 0.2) is 34.6 Å². The topological polar surface area (TPSA) is 52.6 Å². The van der Waals surface area contributed by atoms with Crippen LogP contribution in [0.3, 0.4) is 0 Å². The van der Waals surface area contributed by atoms with Gasteiger partial charge < -0.3 is 15.5 Å². The van der Waals surface area contributed by atoms with Gasteiger partial charge in [-0.25, -0.2) is 4.98 Å². The molecule has 2 aromatic rings. The average molecular weight is 346 g/mol. The third-order valence-corrected chi connectivity index (χ3v) is 4.55. The highest BCUT2D eigenvalue weighted by Gasteiger charge is 2.06. The highest BCUT2D eigenvalue weighted by Crippen LogP contribution is 2.17. The smallest absolute Gasteiger partial charge is 0.191 e. The van der Waals surface area contributed by atoms with Gasteiger partial charge in [0.15, 0.2) is 5.96 Å². The van der Waals surface area contributed by atoms with Gasteiger partial charge in [0.25, 0.3) is 0 Å². The zero-order chi connectivity index (χ0) is 17.5. The molecule has 0 saturated heterocycles. The first kappa shape index (κ1) is 18.3. The van der Waals surface area contributed by atoms with Gasteiger partial charge >= 0.3 is 0 Å². The fourth-order valence-corrected chi connectivity index (χ4v) is 3.08. The van der Waals surface area contributed by atoms with Crippen LogP contribution in [0.4, 0.5) is 5.69 Å². The molecule has 1 aromatic heterocycles. The van der Waals surface area contributed by atoms with E-state index < -0.39 is 0 Å². The molecule has 5 nitrogen and oxygen atoms in total. The van der Waals surface area contributed by atoms with Crippen molar-refractivity contribution in [2.75, 3.05) is 26.0 Å². The van der Waals surface area contributed by atoms with Crippen LogP contribution in [0.25, 0.3) is 0 Å². The van der Waals surface area contributed by atoms with Crippen LogP contribution in [0.1, 0.15) is 36.0 Å². The molecule has 0 atom stereocenters. The molecule has 2 N–H and O–H groups in total. The van der Waals surface area contributed by atoms with Gasteiger partial charge in [-0.15, -0.1) is 11.3 Å². The van der Waals surface area contributed by atoms with Crippen LogP contribution >= 0.6 is 11.3 Å². The zero-order valence-electron chi connectivity index (χ0n) is 15.1. The maximum atomic E-state index is 4.63. The van der Waals surface area contributed by atoms with Crippen LogP contribution < -0.4 is 15.5 Å². The molecule has 0 bridgehead atoms. The maximum Gasteiger partial charge on any atom is 0.191 e. The van der Waals surface area contributed by atoms with Crippen molar-refractivity contribution in [2.24, 2.45) is 4.99 Å². The Morgan fingerprint density at radius 1 is 1.25 bits per heavy atom. The summed E-state index contributed by atoms with van der Waals surface area (Å²) < 4.78 is 0. The summed E-state index contributed by atoms with van der Waals surface area (Å²) in [5, 5.41) is 9.88. The van der Waals surface area contributed by atoms with E-state index >= 15 is 0 Å². The molecule has 1 heterocycles. The number of hydrogen-bond acceptors (Lipinski definition) is 4. The number of nitrogens with zero attached hydrogens (tertiary/aromatic N) is 3. The normalized spacial score (nSPS) is 11.7. The van der Waals surface area contributed by atoms with E-state index in [-0.39, 0.29) is 0 Å². The molecule has 0 aliphatic rings. The molecule has 0 unspecified atom stereocenters. The number of hydrogen-bond donors (Lipinski definition) is 2. The molecule has 0 spiro atoms. The Morgan fingerprint density at radius 2 is 2.00 bits per heavy atom. The Hall–Kier alpha value is -2.08. The largest absolute Gasteiger partial charge is 0.378 e. The highest BCUT2D eigenvalue weighted by molar-refractivity contribution is 7.09. The number of benzene rings is 1. The summed E-state index contributed by atoms with van der Waals surface area (Å²) in [6.07, 6.45) is 0. The van der Waals surface area contributed by atoms with Crippen molar-refractivity contribution in [1.29, 1.82) is 0 Å². The molecular formula is C18H27N5S. The van der Waals surface area contributed by atoms with Crippen LogP contribution in [0.5, 0.6) is 0 Å². The summed E-state index contributed by atoms with van der Waals surface area (Å²) in [7, 11) is 5.88. The molecule has 1 aromatic carbocycles. The highest BCUT2D eigenvalue weighted by atomic mass is 32.1. The third kappa shape index (κ3) is 5.23. The molecule has 0 aliphatic heterocycles. The van der Waals surface area contributed by atoms with Gasteiger partial charge in [0.2, 0.25) is 0 Å². The summed E-state index contributed by atoms with van der Waals surface area (Å²) in [5.41, 5.74) is 3.57. The van der Waals surface area contributed by atoms with Crippen LogP contribution in [-0.4, -0.2) is 32.1 Å². The van der Waals surface area contributed by atoms with Crippen molar-refractivity contribution in [2.45, 2.75) is 32.9 Å². The summed E-state index contributed by atoms with van der Waals surface area (Å²) in [6.45, 7) is 5.74. The second-order valence-corrected chi connectivity index (χ2v) is 7.11. The number of aliphatic imine (C=N–C) groups is 1. The first-order chi connectivity index (χ1) is 11.5. The minimum Gasteiger partial charge on any atom is -0.378 e. The van der Waals surface area contributed by atoms with Gasteiger partial charge in [-0.1, -0.05) is 26.0 Å². The van der Waals surface area contributed by atoms with Crippen molar-refractivity contribution in [3.05, 3.63) is 45.9 Å². The second kappa shape index (κ2) is 8.68. The van der Waals surface area contributed by atoms with Gasteiger partial charge in [0.1, 0.15) is 5.01 Å². The Bertz CT molecular complexity index is 676. The maximum absolute atomic E-state index is 4.63. The second-order valence-electron chi connectivity index (χ2n) is 6.16. The van der Waals surface area contributed by atoms with Crippen molar-refractivity contribution in [3.63, 3.8) is 0 Å². The summed E-state index contributed by atoms with van der Waals surface area (Å²) in [5.74, 6) is 1.25. The van der Waals surface area contributed by atoms with Gasteiger partial charge in [0.05, 0.1) is 12.2 Å². The Labute approximate surface area is 148 Å². The lowest BCUT2D eigenvalue weighted by atomic mass is 10.2. The predicted octanol–water partition coefficient (Wildman–Crippen LogP) is 3.20. The van der Waals surface area contributed by atoms with E-state index in [1.165, 1.54) is 11.3 Å². The van der Waals surface area contributed by atoms with E-state index in [4.69, 9.17) is 0 Å². The van der Waals surface area contributed by atoms with Gasteiger partial charge in [-0.3, -0.25) is 4.99 Å². The van der Waals surface area contributed by atoms with Gasteiger partial charge in [-0.05, 0) is 23.6 Å². The molecular weight excluding hydrogens is 318 g/mol. The minimum atomic E-state index is 0.469. The minimum absolute atomic E-state index is 0.469. The molecule has 0 aliphatic carbocycles. The summed E-state index contributed by atoms with van der Waals surface area (Å²) in [6, 6.07) is 8.47. The number of anilines is 1. The van der Waals surface area contributed by atoms with E-state index in [1.54, 1.807) is 18.4 Å². The van der Waals surface area contributed by atoms with Gasteiger partial charge in [0, 0.05) is 38.8 Å². The summed E-state index contributed by atoms with van der Waals surface area (Å²) >= 11 is 1.69. The molecule has 6 heteroatoms. The lowest BCUT2D eigenvalue weighted by Gasteiger charge is -2.15. The van der Waals surface area contributed by atoms with E-state index in [2.05, 4.69) is 69.0 Å². The first-order valence-corrected chi connectivity index (χ1v) is 9.02. The monoisotopic (exact) mass is 345 g/mol.